The number of rotatable bonds is 4. The van der Waals surface area contributed by atoms with Gasteiger partial charge < -0.3 is 14.6 Å². The highest BCUT2D eigenvalue weighted by molar-refractivity contribution is 6.30. The number of likely N-dealkylation sites (tertiary alicyclic amines) is 1. The van der Waals surface area contributed by atoms with Crippen LogP contribution in [0.25, 0.3) is 0 Å². The minimum atomic E-state index is -0.905. The molecule has 0 atom stereocenters. The largest absolute Gasteiger partial charge is 0.477 e. The lowest BCUT2D eigenvalue weighted by Gasteiger charge is -2.32. The van der Waals surface area contributed by atoms with Crippen LogP contribution < -0.4 is 0 Å². The Morgan fingerprint density at radius 2 is 2.17 bits per heavy atom. The third-order valence-corrected chi connectivity index (χ3v) is 3.73. The van der Waals surface area contributed by atoms with E-state index in [1.165, 1.54) is 12.5 Å². The van der Waals surface area contributed by atoms with Gasteiger partial charge in [0.05, 0.1) is 5.02 Å². The van der Waals surface area contributed by atoms with Gasteiger partial charge in [-0.25, -0.2) is 4.79 Å². The summed E-state index contributed by atoms with van der Waals surface area (Å²) in [4.78, 5) is 13.6. The quantitative estimate of drug-likeness (QED) is 0.915. The van der Waals surface area contributed by atoms with Gasteiger partial charge in [-0.1, -0.05) is 18.5 Å². The Kier molecular flexibility index (Phi) is 4.30. The van der Waals surface area contributed by atoms with Crippen LogP contribution in [-0.4, -0.2) is 40.2 Å². The van der Waals surface area contributed by atoms with Crippen LogP contribution in [0.5, 0.6) is 0 Å². The number of carboxylic acids is 1. The number of aromatic carboxylic acids is 1. The lowest BCUT2D eigenvalue weighted by molar-refractivity contribution is 0.0678. The Balaban J connectivity index is 2.07. The smallest absolute Gasteiger partial charge is 0.352 e. The second kappa shape index (κ2) is 5.76. The Morgan fingerprint density at radius 3 is 2.72 bits per heavy atom. The Hall–Kier alpha value is -1.00. The van der Waals surface area contributed by atoms with Gasteiger partial charge in [0, 0.05) is 25.3 Å². The zero-order valence-corrected chi connectivity index (χ0v) is 11.4. The first-order valence-electron chi connectivity index (χ1n) is 6.45. The molecule has 100 valence electrons. The van der Waals surface area contributed by atoms with Crippen molar-refractivity contribution in [1.82, 2.24) is 9.47 Å². The molecule has 1 aromatic rings. The number of carboxylic acid groups (broad SMARTS) is 1. The number of halogens is 1. The summed E-state index contributed by atoms with van der Waals surface area (Å²) in [6.45, 7) is 5.38. The predicted octanol–water partition coefficient (Wildman–Crippen LogP) is 2.89. The number of piperidine rings is 1. The van der Waals surface area contributed by atoms with Crippen LogP contribution in [0.1, 0.15) is 42.7 Å². The van der Waals surface area contributed by atoms with E-state index in [9.17, 15) is 4.79 Å². The Labute approximate surface area is 112 Å². The maximum atomic E-state index is 11.2. The van der Waals surface area contributed by atoms with Gasteiger partial charge in [-0.15, -0.1) is 0 Å². The predicted molar refractivity (Wildman–Crippen MR) is 71.4 cm³/mol. The van der Waals surface area contributed by atoms with Gasteiger partial charge in [0.2, 0.25) is 0 Å². The molecule has 1 saturated heterocycles. The first kappa shape index (κ1) is 13.4. The SMILES string of the molecule is CCCN1CCC(n2cc(Cl)cc2C(=O)O)CC1. The third-order valence-electron chi connectivity index (χ3n) is 3.52. The Bertz CT molecular complexity index is 423. The molecule has 2 heterocycles. The topological polar surface area (TPSA) is 45.5 Å². The molecule has 0 amide bonds. The van der Waals surface area contributed by atoms with Crippen LogP contribution in [-0.2, 0) is 0 Å². The molecular weight excluding hydrogens is 252 g/mol. The second-order valence-electron chi connectivity index (χ2n) is 4.83. The highest BCUT2D eigenvalue weighted by atomic mass is 35.5. The van der Waals surface area contributed by atoms with E-state index >= 15 is 0 Å². The van der Waals surface area contributed by atoms with Crippen molar-refractivity contribution in [2.24, 2.45) is 0 Å². The van der Waals surface area contributed by atoms with E-state index in [0.717, 1.165) is 32.5 Å². The van der Waals surface area contributed by atoms with E-state index < -0.39 is 5.97 Å². The van der Waals surface area contributed by atoms with Crippen molar-refractivity contribution in [3.8, 4) is 0 Å². The van der Waals surface area contributed by atoms with Gasteiger partial charge in [0.1, 0.15) is 5.69 Å². The van der Waals surface area contributed by atoms with Gasteiger partial charge >= 0.3 is 5.97 Å². The highest BCUT2D eigenvalue weighted by Gasteiger charge is 2.23. The van der Waals surface area contributed by atoms with Crippen LogP contribution in [0.3, 0.4) is 0 Å². The van der Waals surface area contributed by atoms with Crippen molar-refractivity contribution >= 4 is 17.6 Å². The van der Waals surface area contributed by atoms with Crippen LogP contribution in [0, 0.1) is 0 Å². The molecule has 4 nitrogen and oxygen atoms in total. The number of carbonyl (C=O) groups is 1. The summed E-state index contributed by atoms with van der Waals surface area (Å²) in [5, 5.41) is 9.66. The summed E-state index contributed by atoms with van der Waals surface area (Å²) >= 11 is 5.91. The van der Waals surface area contributed by atoms with Crippen molar-refractivity contribution in [3.63, 3.8) is 0 Å². The summed E-state index contributed by atoms with van der Waals surface area (Å²) < 4.78 is 1.83. The summed E-state index contributed by atoms with van der Waals surface area (Å²) in [5.74, 6) is -0.905. The number of aromatic nitrogens is 1. The van der Waals surface area contributed by atoms with Crippen molar-refractivity contribution in [1.29, 1.82) is 0 Å². The fourth-order valence-electron chi connectivity index (χ4n) is 2.66. The Morgan fingerprint density at radius 1 is 1.50 bits per heavy atom. The first-order valence-corrected chi connectivity index (χ1v) is 6.82. The number of hydrogen-bond donors (Lipinski definition) is 1. The average Bonchev–Trinajstić information content (AvgIpc) is 2.73. The molecule has 1 aromatic heterocycles. The summed E-state index contributed by atoms with van der Waals surface area (Å²) in [5.41, 5.74) is 0.300. The van der Waals surface area contributed by atoms with Crippen LogP contribution >= 0.6 is 11.6 Å². The monoisotopic (exact) mass is 270 g/mol. The molecule has 1 aliphatic heterocycles. The number of hydrogen-bond acceptors (Lipinski definition) is 2. The second-order valence-corrected chi connectivity index (χ2v) is 5.27. The van der Waals surface area contributed by atoms with E-state index in [4.69, 9.17) is 16.7 Å². The third kappa shape index (κ3) is 2.87. The van der Waals surface area contributed by atoms with Gasteiger partial charge in [-0.3, -0.25) is 0 Å². The summed E-state index contributed by atoms with van der Waals surface area (Å²) in [6, 6.07) is 1.79. The molecule has 5 heteroatoms. The molecule has 2 rings (SSSR count). The van der Waals surface area contributed by atoms with Crippen LogP contribution in [0.2, 0.25) is 5.02 Å². The van der Waals surface area contributed by atoms with Crippen molar-refractivity contribution in [2.45, 2.75) is 32.2 Å². The van der Waals surface area contributed by atoms with Crippen LogP contribution in [0.15, 0.2) is 12.3 Å². The van der Waals surface area contributed by atoms with Crippen LogP contribution in [0.4, 0.5) is 0 Å². The fraction of sp³-hybridized carbons (Fsp3) is 0.615. The molecule has 0 unspecified atom stereocenters. The molecule has 0 radical (unpaired) electrons. The first-order chi connectivity index (χ1) is 8.61. The summed E-state index contributed by atoms with van der Waals surface area (Å²) in [7, 11) is 0. The fourth-order valence-corrected chi connectivity index (χ4v) is 2.86. The molecule has 0 saturated carbocycles. The standard InChI is InChI=1S/C13H19ClN2O2/c1-2-5-15-6-3-11(4-7-15)16-9-10(14)8-12(16)13(17)18/h8-9,11H,2-7H2,1H3,(H,17,18). The number of nitrogens with zero attached hydrogens (tertiary/aromatic N) is 2. The minimum absolute atomic E-state index is 0.261. The molecule has 1 fully saturated rings. The molecule has 0 aromatic carbocycles. The normalized spacial score (nSPS) is 18.1. The van der Waals surface area contributed by atoms with Gasteiger partial charge in [0.25, 0.3) is 0 Å². The minimum Gasteiger partial charge on any atom is -0.477 e. The average molecular weight is 271 g/mol. The zero-order chi connectivity index (χ0) is 13.1. The maximum Gasteiger partial charge on any atom is 0.352 e. The molecular formula is C13H19ClN2O2. The maximum absolute atomic E-state index is 11.2. The molecule has 0 spiro atoms. The van der Waals surface area contributed by atoms with Crippen molar-refractivity contribution < 1.29 is 9.90 Å². The molecule has 0 aliphatic carbocycles. The highest BCUT2D eigenvalue weighted by Crippen LogP contribution is 2.27. The van der Waals surface area contributed by atoms with E-state index in [1.807, 2.05) is 4.57 Å². The van der Waals surface area contributed by atoms with E-state index in [1.54, 1.807) is 6.20 Å². The van der Waals surface area contributed by atoms with Crippen molar-refractivity contribution in [2.75, 3.05) is 19.6 Å². The van der Waals surface area contributed by atoms with Crippen molar-refractivity contribution in [3.05, 3.63) is 23.0 Å². The van der Waals surface area contributed by atoms with Gasteiger partial charge in [-0.05, 0) is 31.9 Å². The zero-order valence-electron chi connectivity index (χ0n) is 10.6. The molecule has 1 aliphatic rings. The van der Waals surface area contributed by atoms with Gasteiger partial charge in [-0.2, -0.15) is 0 Å². The molecule has 1 N–H and O–H groups in total. The summed E-state index contributed by atoms with van der Waals surface area (Å²) in [6.07, 6.45) is 4.89. The van der Waals surface area contributed by atoms with E-state index in [-0.39, 0.29) is 6.04 Å². The van der Waals surface area contributed by atoms with E-state index in [2.05, 4.69) is 11.8 Å². The molecule has 18 heavy (non-hydrogen) atoms. The van der Waals surface area contributed by atoms with E-state index in [0.29, 0.717) is 10.7 Å². The lowest BCUT2D eigenvalue weighted by Crippen LogP contribution is -2.35. The lowest BCUT2D eigenvalue weighted by atomic mass is 10.0. The molecule has 0 bridgehead atoms. The van der Waals surface area contributed by atoms with Gasteiger partial charge in [0.15, 0.2) is 0 Å².